The Labute approximate surface area is 114 Å². The molecule has 0 aliphatic heterocycles. The Bertz CT molecular complexity index is 244. The van der Waals surface area contributed by atoms with Gasteiger partial charge in [-0.2, -0.15) is 0 Å². The van der Waals surface area contributed by atoms with Crippen molar-refractivity contribution in [1.82, 2.24) is 0 Å². The van der Waals surface area contributed by atoms with Crippen molar-refractivity contribution in [2.45, 2.75) is 77.6 Å². The van der Waals surface area contributed by atoms with E-state index < -0.39 is 0 Å². The second kappa shape index (κ2) is 14.3. The first-order valence-corrected chi connectivity index (χ1v) is 7.58. The van der Waals surface area contributed by atoms with Crippen molar-refractivity contribution in [1.29, 1.82) is 0 Å². The van der Waals surface area contributed by atoms with E-state index in [0.717, 1.165) is 6.42 Å². The van der Waals surface area contributed by atoms with Crippen LogP contribution in [0.25, 0.3) is 0 Å². The van der Waals surface area contributed by atoms with Crippen LogP contribution in [0.15, 0.2) is 12.2 Å². The van der Waals surface area contributed by atoms with Gasteiger partial charge in [0.05, 0.1) is 6.61 Å². The van der Waals surface area contributed by atoms with E-state index >= 15 is 0 Å². The van der Waals surface area contributed by atoms with Gasteiger partial charge in [-0.3, -0.25) is 0 Å². The quantitative estimate of drug-likeness (QED) is 0.410. The molecule has 1 N–H and O–H groups in total. The van der Waals surface area contributed by atoms with Crippen LogP contribution in [0.4, 0.5) is 0 Å². The summed E-state index contributed by atoms with van der Waals surface area (Å²) in [5, 5.41) is 8.71. The number of hydrogen-bond acceptors (Lipinski definition) is 1. The van der Waals surface area contributed by atoms with Crippen molar-refractivity contribution >= 4 is 0 Å². The van der Waals surface area contributed by atoms with Gasteiger partial charge in [-0.15, -0.1) is 0 Å². The largest absolute Gasteiger partial charge is 0.391 e. The minimum Gasteiger partial charge on any atom is -0.391 e. The lowest BCUT2D eigenvalue weighted by Crippen LogP contribution is -1.83. The third-order valence-electron chi connectivity index (χ3n) is 3.11. The molecule has 1 nitrogen and oxygen atoms in total. The van der Waals surface area contributed by atoms with Gasteiger partial charge in [-0.05, 0) is 6.42 Å². The van der Waals surface area contributed by atoms with E-state index in [9.17, 15) is 0 Å². The summed E-state index contributed by atoms with van der Waals surface area (Å²) in [6.07, 6.45) is 14.5. The maximum absolute atomic E-state index is 8.71. The van der Waals surface area contributed by atoms with Gasteiger partial charge in [0.1, 0.15) is 0 Å². The summed E-state index contributed by atoms with van der Waals surface area (Å²) >= 11 is 0. The predicted octanol–water partition coefficient (Wildman–Crippen LogP) is 4.85. The van der Waals surface area contributed by atoms with Crippen LogP contribution in [-0.2, 0) is 0 Å². The summed E-state index contributed by atoms with van der Waals surface area (Å²) in [5.41, 5.74) is 0.627. The highest BCUT2D eigenvalue weighted by Gasteiger charge is 1.91. The molecule has 1 heteroatoms. The van der Waals surface area contributed by atoms with Gasteiger partial charge in [0.2, 0.25) is 0 Å². The predicted molar refractivity (Wildman–Crippen MR) is 80.5 cm³/mol. The van der Waals surface area contributed by atoms with E-state index in [0.29, 0.717) is 5.57 Å². The first-order chi connectivity index (χ1) is 8.81. The molecule has 104 valence electrons. The van der Waals surface area contributed by atoms with Gasteiger partial charge in [-0.1, -0.05) is 83.1 Å². The molecule has 0 aromatic heterocycles. The highest BCUT2D eigenvalue weighted by molar-refractivity contribution is 5.25. The van der Waals surface area contributed by atoms with Crippen LogP contribution < -0.4 is 0 Å². The van der Waals surface area contributed by atoms with Crippen LogP contribution in [0.5, 0.6) is 0 Å². The van der Waals surface area contributed by atoms with Gasteiger partial charge in [0.25, 0.3) is 0 Å². The Morgan fingerprint density at radius 1 is 0.889 bits per heavy atom. The van der Waals surface area contributed by atoms with Crippen molar-refractivity contribution in [3.8, 4) is 11.8 Å². The molecule has 0 saturated heterocycles. The van der Waals surface area contributed by atoms with E-state index in [-0.39, 0.29) is 6.61 Å². The van der Waals surface area contributed by atoms with Crippen molar-refractivity contribution < 1.29 is 5.11 Å². The van der Waals surface area contributed by atoms with Crippen LogP contribution in [0.3, 0.4) is 0 Å². The van der Waals surface area contributed by atoms with E-state index in [1.165, 1.54) is 64.2 Å². The van der Waals surface area contributed by atoms with E-state index in [1.807, 2.05) is 0 Å². The summed E-state index contributed by atoms with van der Waals surface area (Å²) < 4.78 is 0. The molecule has 0 rings (SSSR count). The Hall–Kier alpha value is -0.740. The van der Waals surface area contributed by atoms with Crippen molar-refractivity contribution in [3.05, 3.63) is 12.2 Å². The zero-order chi connectivity index (χ0) is 13.5. The number of hydrogen-bond donors (Lipinski definition) is 1. The van der Waals surface area contributed by atoms with Crippen LogP contribution in [0, 0.1) is 11.8 Å². The van der Waals surface area contributed by atoms with E-state index in [1.54, 1.807) is 0 Å². The average molecular weight is 250 g/mol. The molecule has 0 saturated carbocycles. The van der Waals surface area contributed by atoms with E-state index in [4.69, 9.17) is 5.11 Å². The summed E-state index contributed by atoms with van der Waals surface area (Å²) in [6, 6.07) is 0. The smallest absolute Gasteiger partial charge is 0.0754 e. The Morgan fingerprint density at radius 2 is 1.39 bits per heavy atom. The third-order valence-corrected chi connectivity index (χ3v) is 3.11. The fourth-order valence-corrected chi connectivity index (χ4v) is 1.93. The zero-order valence-corrected chi connectivity index (χ0v) is 12.1. The molecular weight excluding hydrogens is 220 g/mol. The monoisotopic (exact) mass is 250 g/mol. The molecule has 0 aromatic carbocycles. The summed E-state index contributed by atoms with van der Waals surface area (Å²) in [5.74, 6) is 5.92. The Morgan fingerprint density at radius 3 is 1.89 bits per heavy atom. The topological polar surface area (TPSA) is 20.2 Å². The van der Waals surface area contributed by atoms with Gasteiger partial charge >= 0.3 is 0 Å². The number of aliphatic hydroxyl groups is 1. The van der Waals surface area contributed by atoms with Crippen LogP contribution in [0.2, 0.25) is 0 Å². The molecule has 0 bridgehead atoms. The van der Waals surface area contributed by atoms with Gasteiger partial charge in [-0.25, -0.2) is 0 Å². The molecule has 0 amide bonds. The molecule has 18 heavy (non-hydrogen) atoms. The fraction of sp³-hybridized carbons (Fsp3) is 0.765. The molecule has 0 atom stereocenters. The lowest BCUT2D eigenvalue weighted by atomic mass is 10.1. The highest BCUT2D eigenvalue weighted by atomic mass is 16.3. The van der Waals surface area contributed by atoms with Gasteiger partial charge in [0.15, 0.2) is 0 Å². The first-order valence-electron chi connectivity index (χ1n) is 7.58. The number of aliphatic hydroxyl groups excluding tert-OH is 1. The summed E-state index contributed by atoms with van der Waals surface area (Å²) in [6.45, 7) is 5.89. The van der Waals surface area contributed by atoms with Gasteiger partial charge in [0, 0.05) is 12.0 Å². The minimum atomic E-state index is -0.00890. The molecule has 0 fully saturated rings. The summed E-state index contributed by atoms with van der Waals surface area (Å²) in [4.78, 5) is 0. The van der Waals surface area contributed by atoms with Crippen LogP contribution in [0.1, 0.15) is 77.6 Å². The molecular formula is C17H30O. The highest BCUT2D eigenvalue weighted by Crippen LogP contribution is 2.10. The molecule has 0 spiro atoms. The van der Waals surface area contributed by atoms with E-state index in [2.05, 4.69) is 25.3 Å². The lowest BCUT2D eigenvalue weighted by Gasteiger charge is -2.00. The minimum absolute atomic E-state index is 0.00890. The number of rotatable bonds is 11. The Balaban J connectivity index is 3.11. The molecule has 0 aliphatic carbocycles. The van der Waals surface area contributed by atoms with Crippen molar-refractivity contribution in [2.75, 3.05) is 6.61 Å². The van der Waals surface area contributed by atoms with Gasteiger partial charge < -0.3 is 5.11 Å². The molecule has 0 aliphatic rings. The van der Waals surface area contributed by atoms with Crippen LogP contribution >= 0.6 is 0 Å². The molecule has 0 radical (unpaired) electrons. The maximum Gasteiger partial charge on any atom is 0.0754 e. The zero-order valence-electron chi connectivity index (χ0n) is 12.1. The van der Waals surface area contributed by atoms with Crippen molar-refractivity contribution in [3.63, 3.8) is 0 Å². The maximum atomic E-state index is 8.71. The van der Waals surface area contributed by atoms with Crippen LogP contribution in [-0.4, -0.2) is 11.7 Å². The first kappa shape index (κ1) is 17.3. The molecule has 0 heterocycles. The second-order valence-electron chi connectivity index (χ2n) is 5.00. The molecule has 0 aromatic rings. The third kappa shape index (κ3) is 13.3. The standard InChI is InChI=1S/C17H30O/c1-3-4-5-6-7-8-9-10-11-12-13-14-15-17(2)16-18/h18H,2-13,16H2,1H3. The number of unbranched alkanes of at least 4 members (excludes halogenated alkanes) is 10. The second-order valence-corrected chi connectivity index (χ2v) is 5.00. The van der Waals surface area contributed by atoms with Crippen molar-refractivity contribution in [2.24, 2.45) is 0 Å². The molecule has 0 unspecified atom stereocenters. The fourth-order valence-electron chi connectivity index (χ4n) is 1.93. The lowest BCUT2D eigenvalue weighted by molar-refractivity contribution is 0.336. The normalized spacial score (nSPS) is 9.89. The SMILES string of the molecule is C=C(C#CCCCCCCCCCCCC)CO. The Kier molecular flexibility index (Phi) is 13.7. The average Bonchev–Trinajstić information content (AvgIpc) is 2.39. The summed E-state index contributed by atoms with van der Waals surface area (Å²) in [7, 11) is 0.